The smallest absolute Gasteiger partial charge is 0.0946 e. The van der Waals surface area contributed by atoms with Gasteiger partial charge in [0.25, 0.3) is 0 Å². The van der Waals surface area contributed by atoms with Crippen LogP contribution in [-0.4, -0.2) is 0 Å². The van der Waals surface area contributed by atoms with Crippen LogP contribution in [0.5, 0.6) is 0 Å². The van der Waals surface area contributed by atoms with E-state index in [1.807, 2.05) is 24.3 Å². The highest BCUT2D eigenvalue weighted by atomic mass is 79.9. The molecular formula is C12H8BrClS. The van der Waals surface area contributed by atoms with Crippen LogP contribution in [0.2, 0.25) is 4.34 Å². The SMILES string of the molecule is Clc1cc(C=Cc2ccccc2)c(Br)s1. The molecule has 0 nitrogen and oxygen atoms in total. The summed E-state index contributed by atoms with van der Waals surface area (Å²) in [6.45, 7) is 0. The second kappa shape index (κ2) is 4.97. The molecule has 76 valence electrons. The van der Waals surface area contributed by atoms with E-state index in [1.54, 1.807) is 0 Å². The Hall–Kier alpha value is -0.570. The van der Waals surface area contributed by atoms with Crippen LogP contribution in [0.1, 0.15) is 11.1 Å². The minimum Gasteiger partial charge on any atom is -0.116 e. The van der Waals surface area contributed by atoms with Crippen molar-refractivity contribution in [2.24, 2.45) is 0 Å². The fraction of sp³-hybridized carbons (Fsp3) is 0. The van der Waals surface area contributed by atoms with Crippen molar-refractivity contribution in [2.75, 3.05) is 0 Å². The zero-order valence-electron chi connectivity index (χ0n) is 7.78. The molecule has 0 amide bonds. The third-order valence-corrected chi connectivity index (χ3v) is 3.95. The van der Waals surface area contributed by atoms with Crippen LogP contribution in [-0.2, 0) is 0 Å². The molecular weight excluding hydrogens is 292 g/mol. The molecule has 0 fully saturated rings. The van der Waals surface area contributed by atoms with Gasteiger partial charge in [-0.15, -0.1) is 11.3 Å². The Labute approximate surface area is 106 Å². The second-order valence-electron chi connectivity index (χ2n) is 3.02. The number of halogens is 2. The van der Waals surface area contributed by atoms with Gasteiger partial charge in [-0.25, -0.2) is 0 Å². The molecule has 1 aromatic carbocycles. The first-order valence-corrected chi connectivity index (χ1v) is 6.42. The molecule has 0 aliphatic heterocycles. The van der Waals surface area contributed by atoms with E-state index in [1.165, 1.54) is 16.9 Å². The zero-order valence-corrected chi connectivity index (χ0v) is 10.9. The van der Waals surface area contributed by atoms with Gasteiger partial charge in [0, 0.05) is 5.56 Å². The monoisotopic (exact) mass is 298 g/mol. The first kappa shape index (κ1) is 10.9. The van der Waals surface area contributed by atoms with Crippen molar-refractivity contribution in [1.29, 1.82) is 0 Å². The van der Waals surface area contributed by atoms with Gasteiger partial charge in [-0.3, -0.25) is 0 Å². The molecule has 2 aromatic rings. The lowest BCUT2D eigenvalue weighted by Gasteiger charge is -1.91. The molecule has 3 heteroatoms. The van der Waals surface area contributed by atoms with Crippen molar-refractivity contribution < 1.29 is 0 Å². The van der Waals surface area contributed by atoms with E-state index >= 15 is 0 Å². The topological polar surface area (TPSA) is 0 Å². The number of rotatable bonds is 2. The summed E-state index contributed by atoms with van der Waals surface area (Å²) < 4.78 is 1.87. The molecule has 0 spiro atoms. The average Bonchev–Trinajstić information content (AvgIpc) is 2.56. The summed E-state index contributed by atoms with van der Waals surface area (Å²) in [5.74, 6) is 0. The van der Waals surface area contributed by atoms with Gasteiger partial charge in [-0.1, -0.05) is 54.1 Å². The molecule has 0 saturated heterocycles. The minimum atomic E-state index is 0.801. The van der Waals surface area contributed by atoms with Crippen molar-refractivity contribution in [3.8, 4) is 0 Å². The Kier molecular flexibility index (Phi) is 3.62. The molecule has 0 aliphatic rings. The third kappa shape index (κ3) is 2.94. The minimum absolute atomic E-state index is 0.801. The Morgan fingerprint density at radius 2 is 1.87 bits per heavy atom. The fourth-order valence-corrected chi connectivity index (χ4v) is 3.22. The average molecular weight is 300 g/mol. The molecule has 0 unspecified atom stereocenters. The first-order chi connectivity index (χ1) is 7.25. The summed E-state index contributed by atoms with van der Waals surface area (Å²) in [5, 5.41) is 0. The Bertz CT molecular complexity index is 474. The molecule has 0 atom stereocenters. The highest BCUT2D eigenvalue weighted by Gasteiger charge is 2.01. The van der Waals surface area contributed by atoms with Crippen LogP contribution < -0.4 is 0 Å². The van der Waals surface area contributed by atoms with Crippen LogP contribution in [0.25, 0.3) is 12.2 Å². The van der Waals surface area contributed by atoms with E-state index in [9.17, 15) is 0 Å². The molecule has 0 N–H and O–H groups in total. The quantitative estimate of drug-likeness (QED) is 0.702. The van der Waals surface area contributed by atoms with E-state index in [0.717, 1.165) is 13.7 Å². The summed E-state index contributed by atoms with van der Waals surface area (Å²) in [6.07, 6.45) is 4.13. The molecule has 1 aromatic heterocycles. The first-order valence-electron chi connectivity index (χ1n) is 4.43. The standard InChI is InChI=1S/C12H8BrClS/c13-12-10(8-11(14)15-12)7-6-9-4-2-1-3-5-9/h1-8H. The van der Waals surface area contributed by atoms with Crippen LogP contribution in [0, 0.1) is 0 Å². The van der Waals surface area contributed by atoms with Gasteiger partial charge in [0.05, 0.1) is 8.12 Å². The molecule has 0 saturated carbocycles. The van der Waals surface area contributed by atoms with Crippen molar-refractivity contribution in [3.63, 3.8) is 0 Å². The van der Waals surface area contributed by atoms with Crippen molar-refractivity contribution in [3.05, 3.63) is 55.6 Å². The maximum absolute atomic E-state index is 5.90. The summed E-state index contributed by atoms with van der Waals surface area (Å²) in [4.78, 5) is 0. The van der Waals surface area contributed by atoms with Gasteiger partial charge in [-0.2, -0.15) is 0 Å². The van der Waals surface area contributed by atoms with Crippen molar-refractivity contribution >= 4 is 51.0 Å². The normalized spacial score (nSPS) is 11.1. The molecule has 0 aliphatic carbocycles. The summed E-state index contributed by atoms with van der Waals surface area (Å²) in [6, 6.07) is 12.1. The number of thiophene rings is 1. The van der Waals surface area contributed by atoms with Crippen LogP contribution >= 0.6 is 38.9 Å². The second-order valence-corrected chi connectivity index (χ2v) is 6.02. The molecule has 0 radical (unpaired) electrons. The molecule has 1 heterocycles. The number of hydrogen-bond donors (Lipinski definition) is 0. The molecule has 0 bridgehead atoms. The van der Waals surface area contributed by atoms with Gasteiger partial charge < -0.3 is 0 Å². The largest absolute Gasteiger partial charge is 0.116 e. The van der Waals surface area contributed by atoms with Gasteiger partial charge in [0.15, 0.2) is 0 Å². The zero-order chi connectivity index (χ0) is 10.7. The Morgan fingerprint density at radius 3 is 2.47 bits per heavy atom. The molecule has 2 rings (SSSR count). The van der Waals surface area contributed by atoms with E-state index in [-0.39, 0.29) is 0 Å². The van der Waals surface area contributed by atoms with E-state index < -0.39 is 0 Å². The predicted octanol–water partition coefficient (Wildman–Crippen LogP) is 5.33. The Morgan fingerprint density at radius 1 is 1.13 bits per heavy atom. The third-order valence-electron chi connectivity index (χ3n) is 1.94. The highest BCUT2D eigenvalue weighted by Crippen LogP contribution is 2.32. The van der Waals surface area contributed by atoms with Crippen LogP contribution in [0.15, 0.2) is 40.2 Å². The van der Waals surface area contributed by atoms with Crippen molar-refractivity contribution in [1.82, 2.24) is 0 Å². The van der Waals surface area contributed by atoms with Gasteiger partial charge in [0.2, 0.25) is 0 Å². The summed E-state index contributed by atoms with van der Waals surface area (Å²) >= 11 is 10.9. The predicted molar refractivity (Wildman–Crippen MR) is 72.4 cm³/mol. The summed E-state index contributed by atoms with van der Waals surface area (Å²) in [7, 11) is 0. The van der Waals surface area contributed by atoms with E-state index in [4.69, 9.17) is 11.6 Å². The highest BCUT2D eigenvalue weighted by molar-refractivity contribution is 9.11. The summed E-state index contributed by atoms with van der Waals surface area (Å²) in [5.41, 5.74) is 2.31. The van der Waals surface area contributed by atoms with E-state index in [0.29, 0.717) is 0 Å². The maximum atomic E-state index is 5.90. The van der Waals surface area contributed by atoms with Gasteiger partial charge >= 0.3 is 0 Å². The maximum Gasteiger partial charge on any atom is 0.0946 e. The lowest BCUT2D eigenvalue weighted by Crippen LogP contribution is -1.68. The van der Waals surface area contributed by atoms with Crippen LogP contribution in [0.4, 0.5) is 0 Å². The van der Waals surface area contributed by atoms with Crippen LogP contribution in [0.3, 0.4) is 0 Å². The van der Waals surface area contributed by atoms with Gasteiger partial charge in [-0.05, 0) is 27.6 Å². The number of benzene rings is 1. The van der Waals surface area contributed by atoms with E-state index in [2.05, 4.69) is 40.2 Å². The fourth-order valence-electron chi connectivity index (χ4n) is 1.22. The Balaban J connectivity index is 2.22. The molecule has 15 heavy (non-hydrogen) atoms. The van der Waals surface area contributed by atoms with Crippen molar-refractivity contribution in [2.45, 2.75) is 0 Å². The number of hydrogen-bond acceptors (Lipinski definition) is 1. The lowest BCUT2D eigenvalue weighted by atomic mass is 10.2. The lowest BCUT2D eigenvalue weighted by molar-refractivity contribution is 1.66. The van der Waals surface area contributed by atoms with Gasteiger partial charge in [0.1, 0.15) is 0 Å².